The summed E-state index contributed by atoms with van der Waals surface area (Å²) in [5.74, 6) is -1.19. The zero-order chi connectivity index (χ0) is 22.1. The molecule has 1 aliphatic heterocycles. The Morgan fingerprint density at radius 3 is 2.80 bits per heavy atom. The van der Waals surface area contributed by atoms with Crippen molar-refractivity contribution in [3.63, 3.8) is 0 Å². The SMILES string of the molecule is CC(c1cnc(OCC(F)(F)F)c(Cl)c1)N1Cc2c(ccnc2NC(=O)CO)C1=O. The van der Waals surface area contributed by atoms with Crippen LogP contribution in [-0.2, 0) is 11.3 Å². The Balaban J connectivity index is 1.80. The molecule has 30 heavy (non-hydrogen) atoms. The molecular formula is C18H16ClF3N4O4. The predicted molar refractivity (Wildman–Crippen MR) is 99.0 cm³/mol. The van der Waals surface area contributed by atoms with E-state index >= 15 is 0 Å². The topological polar surface area (TPSA) is 105 Å². The smallest absolute Gasteiger partial charge is 0.422 e. The third kappa shape index (κ3) is 4.62. The number of ether oxygens (including phenoxy) is 1. The summed E-state index contributed by atoms with van der Waals surface area (Å²) in [6.45, 7) is -0.433. The molecule has 2 N–H and O–H groups in total. The average molecular weight is 445 g/mol. The Morgan fingerprint density at radius 1 is 1.43 bits per heavy atom. The highest BCUT2D eigenvalue weighted by atomic mass is 35.5. The van der Waals surface area contributed by atoms with Crippen LogP contribution in [0.5, 0.6) is 5.88 Å². The molecule has 1 aliphatic rings. The lowest BCUT2D eigenvalue weighted by molar-refractivity contribution is -0.154. The van der Waals surface area contributed by atoms with Gasteiger partial charge in [-0.25, -0.2) is 9.97 Å². The summed E-state index contributed by atoms with van der Waals surface area (Å²) in [6, 6.07) is 2.36. The van der Waals surface area contributed by atoms with E-state index in [4.69, 9.17) is 16.7 Å². The van der Waals surface area contributed by atoms with Crippen LogP contribution >= 0.6 is 11.6 Å². The van der Waals surface area contributed by atoms with Crippen molar-refractivity contribution in [3.8, 4) is 5.88 Å². The monoisotopic (exact) mass is 444 g/mol. The highest BCUT2D eigenvalue weighted by Crippen LogP contribution is 2.35. The van der Waals surface area contributed by atoms with E-state index in [1.54, 1.807) is 6.92 Å². The van der Waals surface area contributed by atoms with E-state index in [1.807, 2.05) is 0 Å². The van der Waals surface area contributed by atoms with Gasteiger partial charge in [0.05, 0.1) is 12.6 Å². The second kappa shape index (κ2) is 8.44. The number of carbonyl (C=O) groups excluding carboxylic acids is 2. The number of aromatic nitrogens is 2. The summed E-state index contributed by atoms with van der Waals surface area (Å²) >= 11 is 5.99. The number of aliphatic hydroxyl groups is 1. The third-order valence-electron chi connectivity index (χ3n) is 4.43. The van der Waals surface area contributed by atoms with E-state index < -0.39 is 31.3 Å². The number of carbonyl (C=O) groups is 2. The van der Waals surface area contributed by atoms with Gasteiger partial charge in [-0.15, -0.1) is 0 Å². The summed E-state index contributed by atoms with van der Waals surface area (Å²) in [5.41, 5.74) is 1.31. The Bertz CT molecular complexity index is 986. The predicted octanol–water partition coefficient (Wildman–Crippen LogP) is 2.72. The number of hydrogen-bond donors (Lipinski definition) is 2. The van der Waals surface area contributed by atoms with Crippen molar-refractivity contribution < 1.29 is 32.6 Å². The highest BCUT2D eigenvalue weighted by molar-refractivity contribution is 6.31. The van der Waals surface area contributed by atoms with E-state index in [-0.39, 0.29) is 29.2 Å². The van der Waals surface area contributed by atoms with Crippen LogP contribution in [0.3, 0.4) is 0 Å². The van der Waals surface area contributed by atoms with Gasteiger partial charge in [0.2, 0.25) is 5.88 Å². The number of nitrogens with zero attached hydrogens (tertiary/aromatic N) is 3. The van der Waals surface area contributed by atoms with Gasteiger partial charge in [-0.1, -0.05) is 11.6 Å². The molecule has 160 valence electrons. The Morgan fingerprint density at radius 2 is 2.17 bits per heavy atom. The summed E-state index contributed by atoms with van der Waals surface area (Å²) in [7, 11) is 0. The van der Waals surface area contributed by atoms with Gasteiger partial charge in [-0.05, 0) is 24.6 Å². The highest BCUT2D eigenvalue weighted by Gasteiger charge is 2.34. The molecule has 0 spiro atoms. The van der Waals surface area contributed by atoms with E-state index in [1.165, 1.54) is 29.4 Å². The fraction of sp³-hybridized carbons (Fsp3) is 0.333. The van der Waals surface area contributed by atoms with E-state index in [2.05, 4.69) is 20.0 Å². The van der Waals surface area contributed by atoms with Gasteiger partial charge in [0.1, 0.15) is 17.4 Å². The van der Waals surface area contributed by atoms with Crippen molar-refractivity contribution in [2.45, 2.75) is 25.7 Å². The Hall–Kier alpha value is -2.92. The van der Waals surface area contributed by atoms with Gasteiger partial charge in [-0.2, -0.15) is 13.2 Å². The fourth-order valence-corrected chi connectivity index (χ4v) is 3.18. The number of rotatable bonds is 6. The lowest BCUT2D eigenvalue weighted by Crippen LogP contribution is -2.27. The maximum absolute atomic E-state index is 12.8. The van der Waals surface area contributed by atoms with Gasteiger partial charge < -0.3 is 20.1 Å². The number of hydrogen-bond acceptors (Lipinski definition) is 6. The van der Waals surface area contributed by atoms with Crippen LogP contribution in [0.15, 0.2) is 24.5 Å². The molecule has 0 bridgehead atoms. The molecule has 12 heteroatoms. The van der Waals surface area contributed by atoms with Gasteiger partial charge in [0.25, 0.3) is 11.8 Å². The molecule has 2 aromatic heterocycles. The van der Waals surface area contributed by atoms with Crippen molar-refractivity contribution in [1.29, 1.82) is 0 Å². The van der Waals surface area contributed by atoms with Crippen molar-refractivity contribution in [3.05, 3.63) is 46.2 Å². The second-order valence-corrected chi connectivity index (χ2v) is 6.87. The average Bonchev–Trinajstić information content (AvgIpc) is 3.03. The molecule has 1 atom stereocenters. The van der Waals surface area contributed by atoms with Crippen molar-refractivity contribution >= 4 is 29.2 Å². The quantitative estimate of drug-likeness (QED) is 0.710. The normalized spacial score (nSPS) is 14.5. The summed E-state index contributed by atoms with van der Waals surface area (Å²) in [4.78, 5) is 33.6. The van der Waals surface area contributed by atoms with Crippen molar-refractivity contribution in [2.75, 3.05) is 18.5 Å². The standard InChI is InChI=1S/C18H16ClF3N4O4/c1-9(10-4-13(19)16(24-5-10)30-8-18(20,21)22)26-6-12-11(17(26)29)2-3-23-15(12)25-14(28)7-27/h2-5,9,27H,6-8H2,1H3,(H,23,25,28). The van der Waals surface area contributed by atoms with Crippen molar-refractivity contribution in [1.82, 2.24) is 14.9 Å². The lowest BCUT2D eigenvalue weighted by atomic mass is 10.1. The molecule has 8 nitrogen and oxygen atoms in total. The Kier molecular flexibility index (Phi) is 6.13. The molecule has 1 unspecified atom stereocenters. The first-order chi connectivity index (χ1) is 14.1. The van der Waals surface area contributed by atoms with Crippen LogP contribution in [0, 0.1) is 0 Å². The molecule has 3 heterocycles. The van der Waals surface area contributed by atoms with Gasteiger partial charge in [0, 0.05) is 23.5 Å². The molecule has 3 rings (SSSR count). The summed E-state index contributed by atoms with van der Waals surface area (Å²) < 4.78 is 41.5. The first kappa shape index (κ1) is 21.8. The number of fused-ring (bicyclic) bond motifs is 1. The first-order valence-electron chi connectivity index (χ1n) is 8.65. The molecular weight excluding hydrogens is 429 g/mol. The number of aliphatic hydroxyl groups excluding tert-OH is 1. The molecule has 2 aromatic rings. The maximum Gasteiger partial charge on any atom is 0.422 e. The minimum atomic E-state index is -4.53. The largest absolute Gasteiger partial charge is 0.467 e. The minimum absolute atomic E-state index is 0.119. The lowest BCUT2D eigenvalue weighted by Gasteiger charge is -2.25. The number of anilines is 1. The molecule has 2 amide bonds. The summed E-state index contributed by atoms with van der Waals surface area (Å²) in [6.07, 6.45) is -1.88. The molecule has 0 radical (unpaired) electrons. The molecule has 0 fully saturated rings. The van der Waals surface area contributed by atoms with Crippen LogP contribution in [0.1, 0.15) is 34.5 Å². The van der Waals surface area contributed by atoms with Gasteiger partial charge in [-0.3, -0.25) is 9.59 Å². The van der Waals surface area contributed by atoms with E-state index in [9.17, 15) is 22.8 Å². The van der Waals surface area contributed by atoms with Crippen LogP contribution < -0.4 is 10.1 Å². The molecule has 0 aromatic carbocycles. The number of amides is 2. The van der Waals surface area contributed by atoms with E-state index in [0.717, 1.165) is 0 Å². The van der Waals surface area contributed by atoms with Crippen LogP contribution in [-0.4, -0.2) is 51.2 Å². The van der Waals surface area contributed by atoms with Crippen molar-refractivity contribution in [2.24, 2.45) is 0 Å². The van der Waals surface area contributed by atoms with Gasteiger partial charge >= 0.3 is 6.18 Å². The number of pyridine rings is 2. The van der Waals surface area contributed by atoms with Crippen LogP contribution in [0.2, 0.25) is 5.02 Å². The zero-order valence-electron chi connectivity index (χ0n) is 15.5. The maximum atomic E-state index is 12.8. The Labute approximate surface area is 173 Å². The summed E-state index contributed by atoms with van der Waals surface area (Å²) in [5, 5.41) is 11.2. The molecule has 0 aliphatic carbocycles. The first-order valence-corrected chi connectivity index (χ1v) is 9.03. The molecule has 0 saturated heterocycles. The van der Waals surface area contributed by atoms with E-state index in [0.29, 0.717) is 16.7 Å². The zero-order valence-corrected chi connectivity index (χ0v) is 16.3. The second-order valence-electron chi connectivity index (χ2n) is 6.46. The van der Waals surface area contributed by atoms with Gasteiger partial charge in [0.15, 0.2) is 6.61 Å². The third-order valence-corrected chi connectivity index (χ3v) is 4.70. The number of alkyl halides is 3. The van der Waals surface area contributed by atoms with Crippen LogP contribution in [0.4, 0.5) is 19.0 Å². The molecule has 0 saturated carbocycles. The van der Waals surface area contributed by atoms with Crippen LogP contribution in [0.25, 0.3) is 0 Å². The number of nitrogens with one attached hydrogen (secondary N) is 1. The minimum Gasteiger partial charge on any atom is -0.467 e. The fourth-order valence-electron chi connectivity index (χ4n) is 2.95. The number of halogens is 4.